The first-order valence-electron chi connectivity index (χ1n) is 7.11. The Morgan fingerprint density at radius 3 is 2.58 bits per heavy atom. The molecule has 19 heavy (non-hydrogen) atoms. The second kappa shape index (κ2) is 6.06. The van der Waals surface area contributed by atoms with E-state index in [0.29, 0.717) is 23.8 Å². The Morgan fingerprint density at radius 1 is 1.42 bits per heavy atom. The zero-order valence-corrected chi connectivity index (χ0v) is 12.2. The average molecular weight is 284 g/mol. The Balaban J connectivity index is 2.36. The van der Waals surface area contributed by atoms with E-state index in [1.807, 2.05) is 6.92 Å². The molecule has 0 aliphatic heterocycles. The summed E-state index contributed by atoms with van der Waals surface area (Å²) in [6.45, 7) is 3.01. The number of nitrogens with two attached hydrogens (primary N) is 1. The third-order valence-corrected chi connectivity index (χ3v) is 4.52. The average Bonchev–Trinajstić information content (AvgIpc) is 2.65. The van der Waals surface area contributed by atoms with Crippen molar-refractivity contribution in [2.24, 2.45) is 11.1 Å². The van der Waals surface area contributed by atoms with Gasteiger partial charge in [-0.2, -0.15) is 5.10 Å². The van der Waals surface area contributed by atoms with Crippen molar-refractivity contribution in [3.05, 3.63) is 16.9 Å². The number of rotatable bonds is 4. The van der Waals surface area contributed by atoms with Crippen molar-refractivity contribution in [2.45, 2.75) is 52.0 Å². The minimum atomic E-state index is -0.437. The lowest BCUT2D eigenvalue weighted by Gasteiger charge is -2.29. The summed E-state index contributed by atoms with van der Waals surface area (Å²) in [6, 6.07) is 0. The van der Waals surface area contributed by atoms with Crippen molar-refractivity contribution >= 4 is 17.4 Å². The van der Waals surface area contributed by atoms with E-state index in [1.165, 1.54) is 12.8 Å². The summed E-state index contributed by atoms with van der Waals surface area (Å²) in [5.74, 6) is 0.0845. The van der Waals surface area contributed by atoms with E-state index < -0.39 is 5.41 Å². The SMILES string of the molecule is CCn1ncc(Cl)c1C(=O)C1(CN)CCCCCC1. The van der Waals surface area contributed by atoms with Gasteiger partial charge in [0.15, 0.2) is 5.78 Å². The summed E-state index contributed by atoms with van der Waals surface area (Å²) in [7, 11) is 0. The van der Waals surface area contributed by atoms with Crippen LogP contribution in [0.25, 0.3) is 0 Å². The molecule has 0 bridgehead atoms. The highest BCUT2D eigenvalue weighted by Gasteiger charge is 2.40. The predicted molar refractivity (Wildman–Crippen MR) is 76.4 cm³/mol. The largest absolute Gasteiger partial charge is 0.329 e. The highest BCUT2D eigenvalue weighted by atomic mass is 35.5. The van der Waals surface area contributed by atoms with E-state index in [9.17, 15) is 4.79 Å². The summed E-state index contributed by atoms with van der Waals surface area (Å²) < 4.78 is 1.69. The van der Waals surface area contributed by atoms with Crippen molar-refractivity contribution in [2.75, 3.05) is 6.54 Å². The fraction of sp³-hybridized carbons (Fsp3) is 0.714. The van der Waals surface area contributed by atoms with Crippen LogP contribution >= 0.6 is 11.6 Å². The van der Waals surface area contributed by atoms with Crippen LogP contribution in [0, 0.1) is 5.41 Å². The van der Waals surface area contributed by atoms with Gasteiger partial charge in [-0.15, -0.1) is 0 Å². The molecule has 1 fully saturated rings. The van der Waals surface area contributed by atoms with Gasteiger partial charge in [0.25, 0.3) is 0 Å². The van der Waals surface area contributed by atoms with Crippen LogP contribution < -0.4 is 5.73 Å². The Bertz CT molecular complexity index is 448. The Hall–Kier alpha value is -0.870. The number of halogens is 1. The number of aryl methyl sites for hydroxylation is 1. The maximum Gasteiger partial charge on any atom is 0.189 e. The van der Waals surface area contributed by atoms with Crippen molar-refractivity contribution in [3.63, 3.8) is 0 Å². The van der Waals surface area contributed by atoms with E-state index in [1.54, 1.807) is 10.9 Å². The number of aromatic nitrogens is 2. The second-order valence-electron chi connectivity index (χ2n) is 5.38. The van der Waals surface area contributed by atoms with Crippen molar-refractivity contribution in [3.8, 4) is 0 Å². The van der Waals surface area contributed by atoms with Gasteiger partial charge < -0.3 is 5.73 Å². The summed E-state index contributed by atoms with van der Waals surface area (Å²) in [5.41, 5.74) is 6.06. The molecule has 106 valence electrons. The van der Waals surface area contributed by atoms with Crippen molar-refractivity contribution in [1.29, 1.82) is 0 Å². The van der Waals surface area contributed by atoms with Crippen LogP contribution in [-0.2, 0) is 6.54 Å². The van der Waals surface area contributed by atoms with Crippen LogP contribution in [0.1, 0.15) is 55.9 Å². The highest BCUT2D eigenvalue weighted by molar-refractivity contribution is 6.33. The topological polar surface area (TPSA) is 60.9 Å². The molecule has 0 aromatic carbocycles. The Labute approximate surface area is 119 Å². The molecule has 1 heterocycles. The van der Waals surface area contributed by atoms with Gasteiger partial charge in [-0.3, -0.25) is 9.48 Å². The molecule has 1 aromatic heterocycles. The third kappa shape index (κ3) is 2.70. The minimum Gasteiger partial charge on any atom is -0.329 e. The van der Waals surface area contributed by atoms with Gasteiger partial charge >= 0.3 is 0 Å². The molecule has 2 N–H and O–H groups in total. The first-order valence-corrected chi connectivity index (χ1v) is 7.48. The van der Waals surface area contributed by atoms with E-state index >= 15 is 0 Å². The summed E-state index contributed by atoms with van der Waals surface area (Å²) >= 11 is 6.15. The molecule has 1 aromatic rings. The van der Waals surface area contributed by atoms with Crippen LogP contribution in [0.5, 0.6) is 0 Å². The summed E-state index contributed by atoms with van der Waals surface area (Å²) in [4.78, 5) is 12.9. The van der Waals surface area contributed by atoms with E-state index in [4.69, 9.17) is 17.3 Å². The molecule has 2 rings (SSSR count). The van der Waals surface area contributed by atoms with Gasteiger partial charge in [-0.05, 0) is 19.8 Å². The molecular formula is C14H22ClN3O. The Morgan fingerprint density at radius 2 is 2.05 bits per heavy atom. The lowest BCUT2D eigenvalue weighted by atomic mass is 9.75. The maximum atomic E-state index is 12.9. The number of hydrogen-bond acceptors (Lipinski definition) is 3. The number of nitrogens with zero attached hydrogens (tertiary/aromatic N) is 2. The fourth-order valence-electron chi connectivity index (χ4n) is 3.01. The summed E-state index contributed by atoms with van der Waals surface area (Å²) in [6.07, 6.45) is 7.81. The minimum absolute atomic E-state index is 0.0845. The van der Waals surface area contributed by atoms with Crippen molar-refractivity contribution in [1.82, 2.24) is 9.78 Å². The molecule has 0 saturated heterocycles. The number of carbonyl (C=O) groups is 1. The molecule has 1 aliphatic carbocycles. The fourth-order valence-corrected chi connectivity index (χ4v) is 3.24. The van der Waals surface area contributed by atoms with E-state index in [2.05, 4.69) is 5.10 Å². The quantitative estimate of drug-likeness (QED) is 0.682. The van der Waals surface area contributed by atoms with E-state index in [0.717, 1.165) is 25.7 Å². The molecule has 0 unspecified atom stereocenters. The maximum absolute atomic E-state index is 12.9. The van der Waals surface area contributed by atoms with Crippen LogP contribution in [0.3, 0.4) is 0 Å². The Kier molecular flexibility index (Phi) is 4.63. The van der Waals surface area contributed by atoms with Gasteiger partial charge in [-0.25, -0.2) is 0 Å². The molecule has 4 nitrogen and oxygen atoms in total. The first-order chi connectivity index (χ1) is 9.14. The van der Waals surface area contributed by atoms with Gasteiger partial charge in [-0.1, -0.05) is 37.3 Å². The number of carbonyl (C=O) groups excluding carboxylic acids is 1. The molecule has 0 atom stereocenters. The monoisotopic (exact) mass is 283 g/mol. The van der Waals surface area contributed by atoms with Gasteiger partial charge in [0.05, 0.1) is 11.2 Å². The number of hydrogen-bond donors (Lipinski definition) is 1. The highest BCUT2D eigenvalue weighted by Crippen LogP contribution is 2.38. The normalized spacial score (nSPS) is 19.1. The van der Waals surface area contributed by atoms with Gasteiger partial charge in [0.2, 0.25) is 0 Å². The number of ketones is 1. The van der Waals surface area contributed by atoms with Crippen LogP contribution in [-0.4, -0.2) is 22.1 Å². The zero-order valence-electron chi connectivity index (χ0n) is 11.5. The molecular weight excluding hydrogens is 262 g/mol. The zero-order chi connectivity index (χ0) is 13.9. The summed E-state index contributed by atoms with van der Waals surface area (Å²) in [5, 5.41) is 4.61. The molecule has 5 heteroatoms. The predicted octanol–water partition coefficient (Wildman–Crippen LogP) is 3.04. The van der Waals surface area contributed by atoms with Crippen LogP contribution in [0.2, 0.25) is 5.02 Å². The molecule has 0 radical (unpaired) electrons. The van der Waals surface area contributed by atoms with Gasteiger partial charge in [0, 0.05) is 18.5 Å². The lowest BCUT2D eigenvalue weighted by Crippen LogP contribution is -2.39. The van der Waals surface area contributed by atoms with E-state index in [-0.39, 0.29) is 5.78 Å². The molecule has 0 amide bonds. The molecule has 1 saturated carbocycles. The standard InChI is InChI=1S/C14H22ClN3O/c1-2-18-12(11(15)9-17-18)13(19)14(10-16)7-5-3-4-6-8-14/h9H,2-8,10,16H2,1H3. The first kappa shape index (κ1) is 14.5. The second-order valence-corrected chi connectivity index (χ2v) is 5.79. The molecule has 1 aliphatic rings. The molecule has 0 spiro atoms. The van der Waals surface area contributed by atoms with Gasteiger partial charge in [0.1, 0.15) is 5.69 Å². The van der Waals surface area contributed by atoms with Crippen LogP contribution in [0.4, 0.5) is 0 Å². The lowest BCUT2D eigenvalue weighted by molar-refractivity contribution is 0.0762. The van der Waals surface area contributed by atoms with Crippen LogP contribution in [0.15, 0.2) is 6.20 Å². The third-order valence-electron chi connectivity index (χ3n) is 4.24. The van der Waals surface area contributed by atoms with Crippen molar-refractivity contribution < 1.29 is 4.79 Å². The smallest absolute Gasteiger partial charge is 0.189 e. The number of Topliss-reactive ketones (excluding diaryl/α,β-unsaturated/α-hetero) is 1.